The molecule has 2 amide bonds. The van der Waals surface area contributed by atoms with Gasteiger partial charge in [0, 0.05) is 23.0 Å². The van der Waals surface area contributed by atoms with Gasteiger partial charge in [-0.2, -0.15) is 5.10 Å². The van der Waals surface area contributed by atoms with Crippen molar-refractivity contribution in [3.63, 3.8) is 0 Å². The van der Waals surface area contributed by atoms with Crippen molar-refractivity contribution in [2.75, 3.05) is 5.32 Å². The van der Waals surface area contributed by atoms with Gasteiger partial charge in [-0.1, -0.05) is 18.2 Å². The molecular weight excluding hydrogens is 382 g/mol. The van der Waals surface area contributed by atoms with Gasteiger partial charge in [-0.05, 0) is 25.1 Å². The SMILES string of the molecule is C/C(CC(=O)Nc1ccccc1)=N\NC(=O)Cc1ccc([N+](=O)[O-])cc1[N+](=O)[O-]. The highest BCUT2D eigenvalue weighted by Gasteiger charge is 2.21. The second-order valence-electron chi connectivity index (χ2n) is 5.98. The van der Waals surface area contributed by atoms with Gasteiger partial charge in [0.05, 0.1) is 28.8 Å². The van der Waals surface area contributed by atoms with Crippen LogP contribution in [0.3, 0.4) is 0 Å². The number of para-hydroxylation sites is 1. The van der Waals surface area contributed by atoms with Crippen molar-refractivity contribution in [2.24, 2.45) is 5.10 Å². The van der Waals surface area contributed by atoms with E-state index in [-0.39, 0.29) is 17.9 Å². The highest BCUT2D eigenvalue weighted by Crippen LogP contribution is 2.25. The zero-order valence-electron chi connectivity index (χ0n) is 15.3. The number of carbonyl (C=O) groups excluding carboxylic acids is 2. The Morgan fingerprint density at radius 1 is 1.00 bits per heavy atom. The summed E-state index contributed by atoms with van der Waals surface area (Å²) in [5.41, 5.74) is 2.20. The molecule has 0 aromatic heterocycles. The first kappa shape index (κ1) is 21.2. The lowest BCUT2D eigenvalue weighted by atomic mass is 10.1. The number of non-ortho nitro benzene ring substituents is 1. The lowest BCUT2D eigenvalue weighted by molar-refractivity contribution is -0.394. The molecule has 0 unspecified atom stereocenters. The minimum absolute atomic E-state index is 0.00720. The maximum Gasteiger partial charge on any atom is 0.279 e. The minimum Gasteiger partial charge on any atom is -0.326 e. The summed E-state index contributed by atoms with van der Waals surface area (Å²) in [6, 6.07) is 11.8. The van der Waals surface area contributed by atoms with Gasteiger partial charge in [0.2, 0.25) is 11.8 Å². The predicted octanol–water partition coefficient (Wildman–Crippen LogP) is 2.57. The van der Waals surface area contributed by atoms with Crippen molar-refractivity contribution in [1.29, 1.82) is 0 Å². The summed E-state index contributed by atoms with van der Waals surface area (Å²) in [7, 11) is 0. The lowest BCUT2D eigenvalue weighted by Gasteiger charge is -2.06. The summed E-state index contributed by atoms with van der Waals surface area (Å²) in [5.74, 6) is -0.984. The Morgan fingerprint density at radius 3 is 2.31 bits per heavy atom. The number of benzene rings is 2. The Bertz CT molecular complexity index is 974. The molecule has 29 heavy (non-hydrogen) atoms. The standard InChI is InChI=1S/C18H17N5O6/c1-12(9-17(24)19-14-5-3-2-4-6-14)20-21-18(25)10-13-7-8-15(22(26)27)11-16(13)23(28)29/h2-8,11H,9-10H2,1H3,(H,19,24)(H,21,25)/b20-12+. The monoisotopic (exact) mass is 399 g/mol. The van der Waals surface area contributed by atoms with Crippen molar-refractivity contribution >= 4 is 34.6 Å². The molecule has 2 rings (SSSR count). The molecule has 0 heterocycles. The number of hydrazone groups is 1. The van der Waals surface area contributed by atoms with Crippen molar-refractivity contribution in [3.05, 3.63) is 74.3 Å². The van der Waals surface area contributed by atoms with Crippen LogP contribution in [0.25, 0.3) is 0 Å². The van der Waals surface area contributed by atoms with Gasteiger partial charge in [-0.3, -0.25) is 29.8 Å². The fourth-order valence-electron chi connectivity index (χ4n) is 2.35. The first-order chi connectivity index (χ1) is 13.8. The second-order valence-corrected chi connectivity index (χ2v) is 5.98. The zero-order chi connectivity index (χ0) is 21.4. The molecule has 0 aliphatic carbocycles. The van der Waals surface area contributed by atoms with E-state index in [1.54, 1.807) is 31.2 Å². The van der Waals surface area contributed by atoms with Crippen molar-refractivity contribution in [1.82, 2.24) is 5.43 Å². The number of amides is 2. The quantitative estimate of drug-likeness (QED) is 0.394. The average Bonchev–Trinajstić information content (AvgIpc) is 2.67. The van der Waals surface area contributed by atoms with Crippen LogP contribution in [0.1, 0.15) is 18.9 Å². The van der Waals surface area contributed by atoms with Gasteiger partial charge in [0.25, 0.3) is 11.4 Å². The molecule has 0 radical (unpaired) electrons. The largest absolute Gasteiger partial charge is 0.326 e. The molecule has 2 N–H and O–H groups in total. The summed E-state index contributed by atoms with van der Waals surface area (Å²) in [6.45, 7) is 1.54. The van der Waals surface area contributed by atoms with E-state index in [0.29, 0.717) is 11.4 Å². The maximum absolute atomic E-state index is 12.0. The minimum atomic E-state index is -0.794. The van der Waals surface area contributed by atoms with E-state index < -0.39 is 33.5 Å². The van der Waals surface area contributed by atoms with Crippen LogP contribution in [0, 0.1) is 20.2 Å². The number of hydrogen-bond acceptors (Lipinski definition) is 7. The van der Waals surface area contributed by atoms with Crippen molar-refractivity contribution < 1.29 is 19.4 Å². The van der Waals surface area contributed by atoms with Crippen LogP contribution in [0.5, 0.6) is 0 Å². The number of nitrogens with zero attached hydrogens (tertiary/aromatic N) is 3. The number of hydrogen-bond donors (Lipinski definition) is 2. The number of rotatable bonds is 8. The number of nitrogens with one attached hydrogen (secondary N) is 2. The van der Waals surface area contributed by atoms with Crippen LogP contribution >= 0.6 is 0 Å². The fourth-order valence-corrected chi connectivity index (χ4v) is 2.35. The number of nitro benzene ring substituents is 2. The first-order valence-corrected chi connectivity index (χ1v) is 8.35. The highest BCUT2D eigenvalue weighted by molar-refractivity contribution is 6.05. The Hall–Kier alpha value is -4.15. The first-order valence-electron chi connectivity index (χ1n) is 8.35. The summed E-state index contributed by atoms with van der Waals surface area (Å²) in [5, 5.41) is 28.3. The van der Waals surface area contributed by atoms with Crippen molar-refractivity contribution in [2.45, 2.75) is 19.8 Å². The molecule has 0 saturated heterocycles. The van der Waals surface area contributed by atoms with Crippen LogP contribution in [0.2, 0.25) is 0 Å². The molecule has 0 saturated carbocycles. The van der Waals surface area contributed by atoms with E-state index in [9.17, 15) is 29.8 Å². The van der Waals surface area contributed by atoms with Crippen LogP contribution in [-0.2, 0) is 16.0 Å². The summed E-state index contributed by atoms with van der Waals surface area (Å²) in [4.78, 5) is 44.2. The van der Waals surface area contributed by atoms with Crippen LogP contribution < -0.4 is 10.7 Å². The molecule has 11 nitrogen and oxygen atoms in total. The van der Waals surface area contributed by atoms with E-state index in [2.05, 4.69) is 15.8 Å². The highest BCUT2D eigenvalue weighted by atomic mass is 16.6. The molecule has 2 aromatic rings. The van der Waals surface area contributed by atoms with E-state index >= 15 is 0 Å². The molecular formula is C18H17N5O6. The third-order valence-corrected chi connectivity index (χ3v) is 3.67. The number of anilines is 1. The van der Waals surface area contributed by atoms with Gasteiger partial charge in [-0.25, -0.2) is 5.43 Å². The molecule has 11 heteroatoms. The van der Waals surface area contributed by atoms with Crippen LogP contribution in [0.4, 0.5) is 17.1 Å². The smallest absolute Gasteiger partial charge is 0.279 e. The predicted molar refractivity (Wildman–Crippen MR) is 104 cm³/mol. The lowest BCUT2D eigenvalue weighted by Crippen LogP contribution is -2.23. The molecule has 0 aliphatic heterocycles. The van der Waals surface area contributed by atoms with E-state index in [4.69, 9.17) is 0 Å². The zero-order valence-corrected chi connectivity index (χ0v) is 15.3. The summed E-state index contributed by atoms with van der Waals surface area (Å²) in [6.07, 6.45) is -0.464. The topological polar surface area (TPSA) is 157 Å². The molecule has 0 spiro atoms. The molecule has 150 valence electrons. The second kappa shape index (κ2) is 9.69. The third-order valence-electron chi connectivity index (χ3n) is 3.67. The van der Waals surface area contributed by atoms with Crippen LogP contribution in [0.15, 0.2) is 53.6 Å². The molecule has 0 bridgehead atoms. The third kappa shape index (κ3) is 6.50. The van der Waals surface area contributed by atoms with Gasteiger partial charge in [0.1, 0.15) is 0 Å². The maximum atomic E-state index is 12.0. The average molecular weight is 399 g/mol. The van der Waals surface area contributed by atoms with Gasteiger partial charge < -0.3 is 5.32 Å². The Labute approximate surface area is 164 Å². The number of nitro groups is 2. The molecule has 2 aromatic carbocycles. The summed E-state index contributed by atoms with van der Waals surface area (Å²) < 4.78 is 0. The van der Waals surface area contributed by atoms with E-state index in [0.717, 1.165) is 18.2 Å². The fraction of sp³-hybridized carbons (Fsp3) is 0.167. The Kier molecular flexibility index (Phi) is 7.07. The normalized spacial score (nSPS) is 10.9. The summed E-state index contributed by atoms with van der Waals surface area (Å²) >= 11 is 0. The van der Waals surface area contributed by atoms with E-state index in [1.807, 2.05) is 6.07 Å². The van der Waals surface area contributed by atoms with Gasteiger partial charge >= 0.3 is 0 Å². The number of carbonyl (C=O) groups is 2. The Balaban J connectivity index is 1.95. The molecule has 0 aliphatic rings. The van der Waals surface area contributed by atoms with Gasteiger partial charge in [-0.15, -0.1) is 0 Å². The Morgan fingerprint density at radius 2 is 1.69 bits per heavy atom. The molecule has 0 fully saturated rings. The van der Waals surface area contributed by atoms with Crippen LogP contribution in [-0.4, -0.2) is 27.4 Å². The van der Waals surface area contributed by atoms with E-state index in [1.165, 1.54) is 0 Å². The molecule has 0 atom stereocenters. The van der Waals surface area contributed by atoms with Crippen molar-refractivity contribution in [3.8, 4) is 0 Å². The van der Waals surface area contributed by atoms with Gasteiger partial charge in [0.15, 0.2) is 0 Å².